The Balaban J connectivity index is 1.98. The van der Waals surface area contributed by atoms with Crippen LogP contribution in [-0.4, -0.2) is 20.3 Å². The van der Waals surface area contributed by atoms with E-state index in [0.29, 0.717) is 28.1 Å². The standard InChI is InChI=1S/C15H20N2O2S/c1-10-6-5-8-13(11(10)2)16-15-12-7-3-4-9-14(12)20(18,19)17-15/h3-4,7,9-11,13H,5-6,8H2,1-2H3,(H,16,17)/t10-,11-,13+/m1/s1. The molecule has 0 spiro atoms. The SMILES string of the molecule is C[C@@H]1[C@H](C)CCC[C@@H]1N=C1NS(=O)(=O)c2ccccc21. The second-order valence-electron chi connectivity index (χ2n) is 5.91. The second-order valence-corrected chi connectivity index (χ2v) is 7.56. The van der Waals surface area contributed by atoms with Gasteiger partial charge < -0.3 is 0 Å². The summed E-state index contributed by atoms with van der Waals surface area (Å²) in [5.74, 6) is 1.66. The van der Waals surface area contributed by atoms with Gasteiger partial charge in [0, 0.05) is 5.56 Å². The van der Waals surface area contributed by atoms with E-state index in [4.69, 9.17) is 4.99 Å². The molecule has 5 heteroatoms. The number of nitrogens with zero attached hydrogens (tertiary/aromatic N) is 1. The molecule has 1 aromatic rings. The Morgan fingerprint density at radius 3 is 2.75 bits per heavy atom. The average molecular weight is 292 g/mol. The number of aliphatic imine (C=N–C) groups is 1. The fourth-order valence-corrected chi connectivity index (χ4v) is 4.37. The number of rotatable bonds is 1. The third-order valence-electron chi connectivity index (χ3n) is 4.62. The van der Waals surface area contributed by atoms with Crippen LogP contribution in [0.2, 0.25) is 0 Å². The van der Waals surface area contributed by atoms with Crippen molar-refractivity contribution in [1.29, 1.82) is 0 Å². The lowest BCUT2D eigenvalue weighted by molar-refractivity contribution is 0.241. The van der Waals surface area contributed by atoms with Crippen molar-refractivity contribution in [2.24, 2.45) is 16.8 Å². The van der Waals surface area contributed by atoms with Crippen molar-refractivity contribution in [2.45, 2.75) is 44.0 Å². The highest BCUT2D eigenvalue weighted by Gasteiger charge is 2.33. The molecule has 0 saturated heterocycles. The van der Waals surface area contributed by atoms with Gasteiger partial charge in [0.05, 0.1) is 10.9 Å². The molecule has 0 unspecified atom stereocenters. The zero-order valence-electron chi connectivity index (χ0n) is 11.8. The van der Waals surface area contributed by atoms with Gasteiger partial charge in [-0.1, -0.05) is 38.8 Å². The van der Waals surface area contributed by atoms with Gasteiger partial charge in [0.15, 0.2) is 0 Å². The molecule has 1 aliphatic carbocycles. The summed E-state index contributed by atoms with van der Waals surface area (Å²) >= 11 is 0. The van der Waals surface area contributed by atoms with Crippen LogP contribution in [0.15, 0.2) is 34.2 Å². The van der Waals surface area contributed by atoms with Crippen molar-refractivity contribution in [1.82, 2.24) is 4.72 Å². The minimum absolute atomic E-state index is 0.211. The summed E-state index contributed by atoms with van der Waals surface area (Å²) in [6, 6.07) is 7.26. The van der Waals surface area contributed by atoms with Crippen molar-refractivity contribution >= 4 is 15.9 Å². The van der Waals surface area contributed by atoms with Crippen molar-refractivity contribution in [3.63, 3.8) is 0 Å². The molecule has 0 amide bonds. The molecule has 1 aliphatic heterocycles. The zero-order valence-corrected chi connectivity index (χ0v) is 12.7. The molecule has 0 radical (unpaired) electrons. The van der Waals surface area contributed by atoms with Gasteiger partial charge in [-0.25, -0.2) is 8.42 Å². The van der Waals surface area contributed by atoms with Gasteiger partial charge in [-0.2, -0.15) is 0 Å². The van der Waals surface area contributed by atoms with E-state index in [0.717, 1.165) is 6.42 Å². The van der Waals surface area contributed by atoms with Crippen molar-refractivity contribution in [2.75, 3.05) is 0 Å². The molecule has 1 heterocycles. The fourth-order valence-electron chi connectivity index (χ4n) is 3.13. The Labute approximate surface area is 120 Å². The van der Waals surface area contributed by atoms with Gasteiger partial charge in [0.2, 0.25) is 0 Å². The van der Waals surface area contributed by atoms with Crippen molar-refractivity contribution < 1.29 is 8.42 Å². The van der Waals surface area contributed by atoms with Crippen molar-refractivity contribution in [3.05, 3.63) is 29.8 Å². The molecule has 3 rings (SSSR count). The molecular weight excluding hydrogens is 272 g/mol. The predicted octanol–water partition coefficient (Wildman–Crippen LogP) is 2.55. The van der Waals surface area contributed by atoms with Crippen LogP contribution in [0.4, 0.5) is 0 Å². The molecule has 0 bridgehead atoms. The molecular formula is C15H20N2O2S. The quantitative estimate of drug-likeness (QED) is 0.864. The number of sulfonamides is 1. The molecule has 3 atom stereocenters. The number of hydrogen-bond donors (Lipinski definition) is 1. The normalized spacial score (nSPS) is 33.7. The summed E-state index contributed by atoms with van der Waals surface area (Å²) in [6.07, 6.45) is 3.45. The van der Waals surface area contributed by atoms with E-state index in [9.17, 15) is 8.42 Å². The lowest BCUT2D eigenvalue weighted by Gasteiger charge is -2.31. The average Bonchev–Trinajstić information content (AvgIpc) is 2.67. The summed E-state index contributed by atoms with van der Waals surface area (Å²) in [7, 11) is -3.42. The molecule has 1 aromatic carbocycles. The maximum Gasteiger partial charge on any atom is 0.263 e. The first-order valence-electron chi connectivity index (χ1n) is 7.19. The van der Waals surface area contributed by atoms with E-state index in [1.807, 2.05) is 12.1 Å². The number of benzene rings is 1. The second kappa shape index (κ2) is 4.88. The Morgan fingerprint density at radius 2 is 1.95 bits per heavy atom. The third kappa shape index (κ3) is 2.24. The number of fused-ring (bicyclic) bond motifs is 1. The van der Waals surface area contributed by atoms with Crippen LogP contribution < -0.4 is 4.72 Å². The first-order valence-corrected chi connectivity index (χ1v) is 8.67. The number of hydrogen-bond acceptors (Lipinski definition) is 3. The molecule has 1 N–H and O–H groups in total. The zero-order chi connectivity index (χ0) is 14.3. The number of amidine groups is 1. The lowest BCUT2D eigenvalue weighted by Crippen LogP contribution is -2.31. The summed E-state index contributed by atoms with van der Waals surface area (Å²) in [6.45, 7) is 4.47. The first-order chi connectivity index (χ1) is 9.49. The van der Waals surface area contributed by atoms with Gasteiger partial charge in [0.1, 0.15) is 5.84 Å². The Morgan fingerprint density at radius 1 is 1.20 bits per heavy atom. The topological polar surface area (TPSA) is 58.5 Å². The van der Waals surface area contributed by atoms with Gasteiger partial charge in [-0.05, 0) is 30.4 Å². The molecule has 2 aliphatic rings. The van der Waals surface area contributed by atoms with E-state index in [1.165, 1.54) is 12.8 Å². The maximum absolute atomic E-state index is 12.1. The van der Waals surface area contributed by atoms with Crippen LogP contribution in [0.5, 0.6) is 0 Å². The van der Waals surface area contributed by atoms with E-state index < -0.39 is 10.0 Å². The third-order valence-corrected chi connectivity index (χ3v) is 6.02. The van der Waals surface area contributed by atoms with Gasteiger partial charge in [0.25, 0.3) is 10.0 Å². The summed E-state index contributed by atoms with van der Waals surface area (Å²) in [5.41, 5.74) is 0.706. The summed E-state index contributed by atoms with van der Waals surface area (Å²) in [5, 5.41) is 0. The lowest BCUT2D eigenvalue weighted by atomic mass is 9.78. The predicted molar refractivity (Wildman–Crippen MR) is 79.3 cm³/mol. The van der Waals surface area contributed by atoms with Crippen LogP contribution in [0, 0.1) is 11.8 Å². The van der Waals surface area contributed by atoms with E-state index in [2.05, 4.69) is 18.6 Å². The molecule has 1 fully saturated rings. The first kappa shape index (κ1) is 13.6. The summed E-state index contributed by atoms with van der Waals surface area (Å²) in [4.78, 5) is 5.07. The highest BCUT2D eigenvalue weighted by atomic mass is 32.2. The van der Waals surface area contributed by atoms with Crippen LogP contribution in [-0.2, 0) is 10.0 Å². The monoisotopic (exact) mass is 292 g/mol. The highest BCUT2D eigenvalue weighted by molar-refractivity contribution is 7.90. The minimum atomic E-state index is -3.42. The molecule has 0 aromatic heterocycles. The molecule has 108 valence electrons. The fraction of sp³-hybridized carbons (Fsp3) is 0.533. The van der Waals surface area contributed by atoms with Gasteiger partial charge >= 0.3 is 0 Å². The van der Waals surface area contributed by atoms with E-state index in [-0.39, 0.29) is 6.04 Å². The Hall–Kier alpha value is -1.36. The minimum Gasteiger partial charge on any atom is -0.264 e. The summed E-state index contributed by atoms with van der Waals surface area (Å²) < 4.78 is 26.7. The van der Waals surface area contributed by atoms with Crippen LogP contribution in [0.1, 0.15) is 38.7 Å². The van der Waals surface area contributed by atoms with Crippen LogP contribution in [0.3, 0.4) is 0 Å². The van der Waals surface area contributed by atoms with Gasteiger partial charge in [-0.15, -0.1) is 0 Å². The van der Waals surface area contributed by atoms with Crippen molar-refractivity contribution in [3.8, 4) is 0 Å². The maximum atomic E-state index is 12.1. The van der Waals surface area contributed by atoms with Gasteiger partial charge in [-0.3, -0.25) is 9.71 Å². The Bertz CT molecular complexity index is 652. The number of nitrogens with one attached hydrogen (secondary N) is 1. The van der Waals surface area contributed by atoms with E-state index in [1.54, 1.807) is 12.1 Å². The molecule has 20 heavy (non-hydrogen) atoms. The smallest absolute Gasteiger partial charge is 0.263 e. The molecule has 4 nitrogen and oxygen atoms in total. The largest absolute Gasteiger partial charge is 0.264 e. The van der Waals surface area contributed by atoms with Crippen LogP contribution in [0.25, 0.3) is 0 Å². The van der Waals surface area contributed by atoms with Crippen LogP contribution >= 0.6 is 0 Å². The highest BCUT2D eigenvalue weighted by Crippen LogP contribution is 2.32. The van der Waals surface area contributed by atoms with E-state index >= 15 is 0 Å². The molecule has 1 saturated carbocycles. The Kier molecular flexibility index (Phi) is 3.32.